The van der Waals surface area contributed by atoms with Crippen molar-refractivity contribution >= 4 is 12.0 Å². The molecule has 10 heteroatoms. The second kappa shape index (κ2) is 11.4. The lowest BCUT2D eigenvalue weighted by Gasteiger charge is -2.34. The van der Waals surface area contributed by atoms with Gasteiger partial charge in [0.1, 0.15) is 11.8 Å². The van der Waals surface area contributed by atoms with Crippen molar-refractivity contribution in [2.24, 2.45) is 0 Å². The van der Waals surface area contributed by atoms with E-state index in [1.807, 2.05) is 53.7 Å². The molecule has 40 heavy (non-hydrogen) atoms. The summed E-state index contributed by atoms with van der Waals surface area (Å²) in [6.45, 7) is 12.4. The molecule has 0 radical (unpaired) electrons. The minimum atomic E-state index is -1.03. The highest BCUT2D eigenvalue weighted by atomic mass is 16.5. The molecule has 1 aliphatic rings. The van der Waals surface area contributed by atoms with Gasteiger partial charge in [-0.2, -0.15) is 10.2 Å². The lowest BCUT2D eigenvalue weighted by molar-refractivity contribution is -0.132. The van der Waals surface area contributed by atoms with Crippen molar-refractivity contribution in [3.8, 4) is 34.7 Å². The Bertz CT molecular complexity index is 1460. The van der Waals surface area contributed by atoms with E-state index in [0.717, 1.165) is 22.3 Å². The number of carbonyl (C=O) groups excluding carboxylic acids is 1. The predicted octanol–water partition coefficient (Wildman–Crippen LogP) is 5.42. The summed E-state index contributed by atoms with van der Waals surface area (Å²) in [7, 11) is 0. The van der Waals surface area contributed by atoms with Gasteiger partial charge in [0.15, 0.2) is 0 Å². The van der Waals surface area contributed by atoms with Crippen molar-refractivity contribution in [3.05, 3.63) is 52.6 Å². The predicted molar refractivity (Wildman–Crippen MR) is 149 cm³/mol. The normalized spacial score (nSPS) is 13.1. The third-order valence-electron chi connectivity index (χ3n) is 7.01. The summed E-state index contributed by atoms with van der Waals surface area (Å²) < 4.78 is 11.2. The van der Waals surface area contributed by atoms with Crippen molar-refractivity contribution < 1.29 is 24.0 Å². The first-order valence-corrected chi connectivity index (χ1v) is 13.3. The second-order valence-electron chi connectivity index (χ2n) is 11.2. The molecule has 0 atom stereocenters. The monoisotopic (exact) mass is 545 g/mol. The first-order chi connectivity index (χ1) is 18.9. The van der Waals surface area contributed by atoms with Crippen LogP contribution in [0.3, 0.4) is 0 Å². The molecule has 0 spiro atoms. The van der Waals surface area contributed by atoms with Crippen LogP contribution in [0.2, 0.25) is 0 Å². The smallest absolute Gasteiger partial charge is 0.407 e. The molecule has 2 amide bonds. The molecule has 2 heterocycles. The van der Waals surface area contributed by atoms with Crippen LogP contribution in [0.5, 0.6) is 5.75 Å². The molecule has 0 aliphatic carbocycles. The number of rotatable bonds is 7. The van der Waals surface area contributed by atoms with Gasteiger partial charge in [0, 0.05) is 42.7 Å². The molecule has 0 saturated carbocycles. The van der Waals surface area contributed by atoms with Crippen molar-refractivity contribution in [2.75, 3.05) is 13.1 Å². The van der Waals surface area contributed by atoms with Crippen molar-refractivity contribution in [2.45, 2.75) is 72.6 Å². The van der Waals surface area contributed by atoms with E-state index >= 15 is 0 Å². The van der Waals surface area contributed by atoms with E-state index in [1.165, 1.54) is 4.90 Å². The molecule has 4 rings (SSSR count). The first-order valence-electron chi connectivity index (χ1n) is 13.3. The van der Waals surface area contributed by atoms with Gasteiger partial charge in [-0.05, 0) is 82.9 Å². The number of benzene rings is 2. The number of fused-ring (bicyclic) bond motifs is 1. The summed E-state index contributed by atoms with van der Waals surface area (Å²) in [6, 6.07) is 11.3. The van der Waals surface area contributed by atoms with E-state index in [4.69, 9.17) is 9.26 Å². The van der Waals surface area contributed by atoms with Gasteiger partial charge < -0.3 is 24.2 Å². The highest BCUT2D eigenvalue weighted by Crippen LogP contribution is 2.32. The molecular weight excluding hydrogens is 510 g/mol. The summed E-state index contributed by atoms with van der Waals surface area (Å²) in [6.07, 6.45) is -0.267. The minimum Gasteiger partial charge on any atom is -0.490 e. The number of nitrogens with zero attached hydrogens (tertiary/aromatic N) is 5. The Labute approximate surface area is 234 Å². The largest absolute Gasteiger partial charge is 0.490 e. The fourth-order valence-electron chi connectivity index (χ4n) is 4.94. The average molecular weight is 546 g/mol. The number of hydrogen-bond donors (Lipinski definition) is 1. The summed E-state index contributed by atoms with van der Waals surface area (Å²) in [5, 5.41) is 23.3. The van der Waals surface area contributed by atoms with Crippen molar-refractivity contribution in [1.29, 1.82) is 5.26 Å². The van der Waals surface area contributed by atoms with Gasteiger partial charge in [0.25, 0.3) is 5.89 Å². The van der Waals surface area contributed by atoms with Gasteiger partial charge >= 0.3 is 6.09 Å². The van der Waals surface area contributed by atoms with E-state index in [2.05, 4.69) is 16.2 Å². The maximum atomic E-state index is 12.9. The molecule has 10 nitrogen and oxygen atoms in total. The molecule has 1 N–H and O–H groups in total. The number of nitriles is 1. The van der Waals surface area contributed by atoms with Gasteiger partial charge in [0.2, 0.25) is 11.7 Å². The van der Waals surface area contributed by atoms with Crippen molar-refractivity contribution in [3.63, 3.8) is 0 Å². The molecule has 1 aromatic heterocycles. The van der Waals surface area contributed by atoms with E-state index in [9.17, 15) is 20.0 Å². The SMILES string of the molecule is Cc1c(-c2noc(-c3ccc(OC(C)C)c(C#N)c3)n2)ccc2c1CCN(C(=O)CCN(C(=O)O)C(C)(C)C)C2. The molecule has 0 bridgehead atoms. The van der Waals surface area contributed by atoms with E-state index in [-0.39, 0.29) is 25.0 Å². The van der Waals surface area contributed by atoms with Gasteiger partial charge in [-0.25, -0.2) is 4.79 Å². The van der Waals surface area contributed by atoms with E-state index in [1.54, 1.807) is 23.1 Å². The lowest BCUT2D eigenvalue weighted by Crippen LogP contribution is -2.47. The molecule has 210 valence electrons. The number of ether oxygens (including phenoxy) is 1. The zero-order valence-corrected chi connectivity index (χ0v) is 23.8. The van der Waals surface area contributed by atoms with Crippen LogP contribution >= 0.6 is 0 Å². The maximum absolute atomic E-state index is 12.9. The van der Waals surface area contributed by atoms with Crippen LogP contribution in [0.1, 0.15) is 63.3 Å². The molecule has 0 fully saturated rings. The molecule has 3 aromatic rings. The molecule has 1 aliphatic heterocycles. The van der Waals surface area contributed by atoms with Crippen LogP contribution in [0, 0.1) is 18.3 Å². The summed E-state index contributed by atoms with van der Waals surface area (Å²) in [4.78, 5) is 32.2. The molecular formula is C30H35N5O5. The zero-order chi connectivity index (χ0) is 29.2. The molecule has 0 saturated heterocycles. The Hall–Kier alpha value is -4.39. The summed E-state index contributed by atoms with van der Waals surface area (Å²) in [5.41, 5.74) is 4.52. The second-order valence-corrected chi connectivity index (χ2v) is 11.2. The van der Waals surface area contributed by atoms with Gasteiger partial charge in [-0.1, -0.05) is 17.3 Å². The number of amides is 2. The number of carboxylic acid groups (broad SMARTS) is 1. The maximum Gasteiger partial charge on any atom is 0.407 e. The molecule has 0 unspecified atom stereocenters. The Morgan fingerprint density at radius 3 is 2.65 bits per heavy atom. The van der Waals surface area contributed by atoms with Gasteiger partial charge in [-0.3, -0.25) is 4.79 Å². The third-order valence-corrected chi connectivity index (χ3v) is 7.01. The zero-order valence-electron chi connectivity index (χ0n) is 23.8. The Kier molecular flexibility index (Phi) is 8.14. The van der Waals surface area contributed by atoms with Gasteiger partial charge in [-0.15, -0.1) is 0 Å². The van der Waals surface area contributed by atoms with Crippen LogP contribution in [0.4, 0.5) is 4.79 Å². The number of hydrogen-bond acceptors (Lipinski definition) is 7. The number of aromatic nitrogens is 2. The molecule has 2 aromatic carbocycles. The fraction of sp³-hybridized carbons (Fsp3) is 0.433. The van der Waals surface area contributed by atoms with E-state index in [0.29, 0.717) is 48.1 Å². The average Bonchev–Trinajstić information content (AvgIpc) is 3.37. The van der Waals surface area contributed by atoms with Crippen LogP contribution in [0.25, 0.3) is 22.8 Å². The van der Waals surface area contributed by atoms with E-state index < -0.39 is 11.6 Å². The van der Waals surface area contributed by atoms with Crippen molar-refractivity contribution in [1.82, 2.24) is 19.9 Å². The Balaban J connectivity index is 1.49. The third kappa shape index (κ3) is 6.09. The first kappa shape index (κ1) is 28.6. The van der Waals surface area contributed by atoms with Gasteiger partial charge in [0.05, 0.1) is 11.7 Å². The van der Waals surface area contributed by atoms with Crippen LogP contribution in [-0.4, -0.2) is 61.8 Å². The summed E-state index contributed by atoms with van der Waals surface area (Å²) >= 11 is 0. The highest BCUT2D eigenvalue weighted by Gasteiger charge is 2.29. The fourth-order valence-corrected chi connectivity index (χ4v) is 4.94. The Morgan fingerprint density at radius 2 is 2.00 bits per heavy atom. The Morgan fingerprint density at radius 1 is 1.25 bits per heavy atom. The topological polar surface area (TPSA) is 133 Å². The lowest BCUT2D eigenvalue weighted by atomic mass is 9.91. The highest BCUT2D eigenvalue weighted by molar-refractivity contribution is 5.78. The minimum absolute atomic E-state index is 0.0547. The number of carbonyl (C=O) groups is 2. The van der Waals surface area contributed by atoms with Crippen LogP contribution in [0.15, 0.2) is 34.9 Å². The standard InChI is InChI=1S/C30H35N5O5/c1-18(2)39-25-10-8-20(15-22(25)16-31)28-32-27(33-40-28)24-9-7-21-17-34(13-11-23(21)19(24)3)26(36)12-14-35(29(37)38)30(4,5)6/h7-10,15,18H,11-14,17H2,1-6H3,(H,37,38). The quantitative estimate of drug-likeness (QED) is 0.416. The van der Waals surface area contributed by atoms with Crippen LogP contribution in [-0.2, 0) is 17.8 Å². The van der Waals surface area contributed by atoms with Crippen LogP contribution < -0.4 is 4.74 Å². The summed E-state index contributed by atoms with van der Waals surface area (Å²) in [5.74, 6) is 1.20.